The SMILES string of the molecule is CCC1CCCN1c1cccc(F)c1C(N)=NO. The minimum absolute atomic E-state index is 0.176. The smallest absolute Gasteiger partial charge is 0.175 e. The Bertz CT molecular complexity index is 462. The Hall–Kier alpha value is -1.78. The van der Waals surface area contributed by atoms with Gasteiger partial charge in [-0.05, 0) is 31.4 Å². The lowest BCUT2D eigenvalue weighted by Crippen LogP contribution is -2.31. The molecule has 0 spiro atoms. The van der Waals surface area contributed by atoms with Crippen LogP contribution < -0.4 is 10.6 Å². The summed E-state index contributed by atoms with van der Waals surface area (Å²) in [6.07, 6.45) is 3.19. The number of nitrogens with two attached hydrogens (primary N) is 1. The summed E-state index contributed by atoms with van der Waals surface area (Å²) in [5, 5.41) is 11.7. The molecular formula is C13H18FN3O. The van der Waals surface area contributed by atoms with E-state index in [1.54, 1.807) is 6.07 Å². The molecule has 18 heavy (non-hydrogen) atoms. The van der Waals surface area contributed by atoms with Crippen molar-refractivity contribution < 1.29 is 9.60 Å². The molecule has 1 aromatic carbocycles. The van der Waals surface area contributed by atoms with Gasteiger partial charge in [-0.25, -0.2) is 4.39 Å². The first kappa shape index (κ1) is 12.7. The van der Waals surface area contributed by atoms with Crippen LogP contribution in [0.2, 0.25) is 0 Å². The molecule has 4 nitrogen and oxygen atoms in total. The van der Waals surface area contributed by atoms with Crippen LogP contribution in [0, 0.1) is 5.82 Å². The van der Waals surface area contributed by atoms with Gasteiger partial charge < -0.3 is 15.8 Å². The molecule has 1 saturated heterocycles. The molecule has 0 amide bonds. The second-order valence-electron chi connectivity index (χ2n) is 4.52. The quantitative estimate of drug-likeness (QED) is 0.375. The molecule has 0 radical (unpaired) electrons. The molecule has 98 valence electrons. The Morgan fingerprint density at radius 1 is 1.61 bits per heavy atom. The summed E-state index contributed by atoms with van der Waals surface area (Å²) >= 11 is 0. The standard InChI is InChI=1S/C13H18FN3O/c1-2-9-5-4-8-17(9)11-7-3-6-10(14)12(11)13(15)16-18/h3,6-7,9,18H,2,4-5,8H2,1H3,(H2,15,16). The summed E-state index contributed by atoms with van der Waals surface area (Å²) in [6, 6.07) is 5.21. The normalized spacial score (nSPS) is 20.4. The first-order valence-electron chi connectivity index (χ1n) is 6.22. The maximum absolute atomic E-state index is 13.9. The van der Waals surface area contributed by atoms with E-state index in [2.05, 4.69) is 17.0 Å². The number of benzene rings is 1. The molecule has 0 bridgehead atoms. The number of halogens is 1. The van der Waals surface area contributed by atoms with Crippen LogP contribution in [0.3, 0.4) is 0 Å². The van der Waals surface area contributed by atoms with Crippen LogP contribution in [0.4, 0.5) is 10.1 Å². The molecular weight excluding hydrogens is 233 g/mol. The topological polar surface area (TPSA) is 61.8 Å². The van der Waals surface area contributed by atoms with Gasteiger partial charge >= 0.3 is 0 Å². The van der Waals surface area contributed by atoms with Crippen LogP contribution in [-0.2, 0) is 0 Å². The predicted octanol–water partition coefficient (Wildman–Crippen LogP) is 2.30. The van der Waals surface area contributed by atoms with Gasteiger partial charge in [0.05, 0.1) is 11.3 Å². The molecule has 1 aromatic rings. The van der Waals surface area contributed by atoms with Gasteiger partial charge in [-0.3, -0.25) is 0 Å². The van der Waals surface area contributed by atoms with Crippen molar-refractivity contribution in [2.24, 2.45) is 10.9 Å². The van der Waals surface area contributed by atoms with Crippen LogP contribution >= 0.6 is 0 Å². The zero-order valence-electron chi connectivity index (χ0n) is 10.4. The fourth-order valence-electron chi connectivity index (χ4n) is 2.63. The number of amidine groups is 1. The van der Waals surface area contributed by atoms with E-state index in [1.165, 1.54) is 6.07 Å². The molecule has 1 aliphatic rings. The van der Waals surface area contributed by atoms with Crippen LogP contribution in [0.5, 0.6) is 0 Å². The number of nitrogens with zero attached hydrogens (tertiary/aromatic N) is 2. The molecule has 1 atom stereocenters. The van der Waals surface area contributed by atoms with Crippen LogP contribution in [0.1, 0.15) is 31.7 Å². The van der Waals surface area contributed by atoms with E-state index in [9.17, 15) is 4.39 Å². The van der Waals surface area contributed by atoms with E-state index in [0.717, 1.165) is 31.5 Å². The molecule has 5 heteroatoms. The minimum Gasteiger partial charge on any atom is -0.409 e. The van der Waals surface area contributed by atoms with E-state index in [4.69, 9.17) is 10.9 Å². The number of hydrogen-bond donors (Lipinski definition) is 2. The predicted molar refractivity (Wildman–Crippen MR) is 69.6 cm³/mol. The lowest BCUT2D eigenvalue weighted by atomic mass is 10.1. The molecule has 2 rings (SSSR count). The number of hydrogen-bond acceptors (Lipinski definition) is 3. The highest BCUT2D eigenvalue weighted by Gasteiger charge is 2.27. The van der Waals surface area contributed by atoms with Crippen molar-refractivity contribution in [1.29, 1.82) is 0 Å². The summed E-state index contributed by atoms with van der Waals surface area (Å²) < 4.78 is 13.9. The van der Waals surface area contributed by atoms with E-state index < -0.39 is 5.82 Å². The van der Waals surface area contributed by atoms with Crippen molar-refractivity contribution in [3.63, 3.8) is 0 Å². The molecule has 3 N–H and O–H groups in total. The maximum atomic E-state index is 13.9. The van der Waals surface area contributed by atoms with Gasteiger partial charge in [-0.15, -0.1) is 0 Å². The highest BCUT2D eigenvalue weighted by molar-refractivity contribution is 6.02. The molecule has 0 aromatic heterocycles. The summed E-state index contributed by atoms with van der Waals surface area (Å²) in [4.78, 5) is 2.15. The summed E-state index contributed by atoms with van der Waals surface area (Å²) in [7, 11) is 0. The molecule has 1 heterocycles. The van der Waals surface area contributed by atoms with E-state index >= 15 is 0 Å². The lowest BCUT2D eigenvalue weighted by Gasteiger charge is -2.28. The van der Waals surface area contributed by atoms with Crippen molar-refractivity contribution in [2.75, 3.05) is 11.4 Å². The van der Waals surface area contributed by atoms with Gasteiger partial charge in [0.25, 0.3) is 0 Å². The first-order valence-corrected chi connectivity index (χ1v) is 6.22. The number of rotatable bonds is 3. The third kappa shape index (κ3) is 2.12. The third-order valence-corrected chi connectivity index (χ3v) is 3.51. The van der Waals surface area contributed by atoms with Gasteiger partial charge in [0.2, 0.25) is 0 Å². The highest BCUT2D eigenvalue weighted by atomic mass is 19.1. The van der Waals surface area contributed by atoms with Crippen LogP contribution in [0.15, 0.2) is 23.4 Å². The van der Waals surface area contributed by atoms with Crippen molar-refractivity contribution in [3.8, 4) is 0 Å². The molecule has 1 unspecified atom stereocenters. The van der Waals surface area contributed by atoms with Crippen molar-refractivity contribution in [2.45, 2.75) is 32.2 Å². The van der Waals surface area contributed by atoms with Gasteiger partial charge in [0.1, 0.15) is 5.82 Å². The molecule has 0 saturated carbocycles. The number of anilines is 1. The van der Waals surface area contributed by atoms with E-state index in [-0.39, 0.29) is 11.4 Å². The first-order chi connectivity index (χ1) is 8.69. The minimum atomic E-state index is -0.454. The Labute approximate surface area is 106 Å². The third-order valence-electron chi connectivity index (χ3n) is 3.51. The van der Waals surface area contributed by atoms with Crippen LogP contribution in [0.25, 0.3) is 0 Å². The van der Waals surface area contributed by atoms with Crippen LogP contribution in [-0.4, -0.2) is 23.6 Å². The number of oxime groups is 1. The zero-order valence-corrected chi connectivity index (χ0v) is 10.4. The van der Waals surface area contributed by atoms with Gasteiger partial charge in [-0.2, -0.15) is 0 Å². The van der Waals surface area contributed by atoms with Crippen molar-refractivity contribution >= 4 is 11.5 Å². The van der Waals surface area contributed by atoms with Crippen molar-refractivity contribution in [1.82, 2.24) is 0 Å². The highest BCUT2D eigenvalue weighted by Crippen LogP contribution is 2.31. The monoisotopic (exact) mass is 251 g/mol. The van der Waals surface area contributed by atoms with E-state index in [1.807, 2.05) is 6.07 Å². The van der Waals surface area contributed by atoms with E-state index in [0.29, 0.717) is 6.04 Å². The Balaban J connectivity index is 2.47. The zero-order chi connectivity index (χ0) is 13.1. The fraction of sp³-hybridized carbons (Fsp3) is 0.462. The lowest BCUT2D eigenvalue weighted by molar-refractivity contribution is 0.318. The fourth-order valence-corrected chi connectivity index (χ4v) is 2.63. The van der Waals surface area contributed by atoms with Gasteiger partial charge in [0, 0.05) is 12.6 Å². The maximum Gasteiger partial charge on any atom is 0.175 e. The average molecular weight is 251 g/mol. The Morgan fingerprint density at radius 3 is 3.06 bits per heavy atom. The summed E-state index contributed by atoms with van der Waals surface area (Å²) in [6.45, 7) is 3.00. The summed E-state index contributed by atoms with van der Waals surface area (Å²) in [5.41, 5.74) is 6.50. The summed E-state index contributed by atoms with van der Waals surface area (Å²) in [5.74, 6) is -0.630. The van der Waals surface area contributed by atoms with Gasteiger partial charge in [-0.1, -0.05) is 18.1 Å². The van der Waals surface area contributed by atoms with Crippen molar-refractivity contribution in [3.05, 3.63) is 29.6 Å². The second kappa shape index (κ2) is 5.25. The Morgan fingerprint density at radius 2 is 2.39 bits per heavy atom. The Kier molecular flexibility index (Phi) is 3.69. The molecule has 1 aliphatic heterocycles. The molecule has 0 aliphatic carbocycles. The average Bonchev–Trinajstić information content (AvgIpc) is 2.85. The largest absolute Gasteiger partial charge is 0.409 e. The second-order valence-corrected chi connectivity index (χ2v) is 4.52. The molecule has 1 fully saturated rings. The van der Waals surface area contributed by atoms with Gasteiger partial charge in [0.15, 0.2) is 5.84 Å².